The maximum Gasteiger partial charge on any atom is 0.139 e. The molecule has 0 aliphatic heterocycles. The molecule has 3 heteroatoms. The quantitative estimate of drug-likeness (QED) is 0.657. The smallest absolute Gasteiger partial charge is 0.139 e. The molecule has 0 fully saturated rings. The van der Waals surface area contributed by atoms with Crippen LogP contribution in [0, 0.1) is 6.92 Å². The molecule has 1 aliphatic carbocycles. The molecule has 2 rings (SSSR count). The first-order valence-corrected chi connectivity index (χ1v) is 5.07. The zero-order chi connectivity index (χ0) is 10.8. The Kier molecular flexibility index (Phi) is 2.54. The van der Waals surface area contributed by atoms with Gasteiger partial charge in [0.25, 0.3) is 0 Å². The van der Waals surface area contributed by atoms with Crippen molar-refractivity contribution in [3.8, 4) is 0 Å². The second-order valence-corrected chi connectivity index (χ2v) is 3.82. The van der Waals surface area contributed by atoms with Gasteiger partial charge in [-0.25, -0.2) is 9.97 Å². The van der Waals surface area contributed by atoms with Crippen LogP contribution < -0.4 is 15.5 Å². The lowest BCUT2D eigenvalue weighted by molar-refractivity contribution is 0.954. The Morgan fingerprint density at radius 1 is 1.27 bits per heavy atom. The van der Waals surface area contributed by atoms with Crippen molar-refractivity contribution in [2.75, 3.05) is 19.0 Å². The molecule has 15 heavy (non-hydrogen) atoms. The minimum absolute atomic E-state index is 0.817. The molecule has 0 spiro atoms. The first-order valence-electron chi connectivity index (χ1n) is 5.07. The number of aromatic nitrogens is 2. The third-order valence-electron chi connectivity index (χ3n) is 2.34. The minimum Gasteiger partial charge on any atom is -0.362 e. The second kappa shape index (κ2) is 3.85. The summed E-state index contributed by atoms with van der Waals surface area (Å²) >= 11 is 0. The number of hydrogen-bond donors (Lipinski definition) is 0. The second-order valence-electron chi connectivity index (χ2n) is 3.82. The summed E-state index contributed by atoms with van der Waals surface area (Å²) < 4.78 is 0. The van der Waals surface area contributed by atoms with Crippen molar-refractivity contribution in [2.45, 2.75) is 13.3 Å². The summed E-state index contributed by atoms with van der Waals surface area (Å²) in [5.41, 5.74) is 0. The Bertz CT molecular complexity index is 512. The average molecular weight is 201 g/mol. The summed E-state index contributed by atoms with van der Waals surface area (Å²) in [4.78, 5) is 10.9. The lowest BCUT2D eigenvalue weighted by Gasteiger charge is -2.12. The van der Waals surface area contributed by atoms with Crippen LogP contribution in [0.4, 0.5) is 5.82 Å². The molecule has 78 valence electrons. The van der Waals surface area contributed by atoms with Gasteiger partial charge in [0.2, 0.25) is 0 Å². The zero-order valence-corrected chi connectivity index (χ0v) is 9.36. The first-order chi connectivity index (χ1) is 7.18. The van der Waals surface area contributed by atoms with Gasteiger partial charge in [0.15, 0.2) is 0 Å². The van der Waals surface area contributed by atoms with Gasteiger partial charge in [0.05, 0.1) is 5.35 Å². The van der Waals surface area contributed by atoms with Crippen molar-refractivity contribution < 1.29 is 0 Å². The molecule has 1 aromatic heterocycles. The lowest BCUT2D eigenvalue weighted by atomic mass is 10.3. The molecule has 0 aromatic carbocycles. The van der Waals surface area contributed by atoms with E-state index in [1.807, 2.05) is 38.1 Å². The van der Waals surface area contributed by atoms with Crippen LogP contribution in [0.15, 0.2) is 12.2 Å². The van der Waals surface area contributed by atoms with Crippen molar-refractivity contribution >= 4 is 18.0 Å². The van der Waals surface area contributed by atoms with E-state index in [-0.39, 0.29) is 0 Å². The number of nitrogens with zero attached hydrogens (tertiary/aromatic N) is 3. The maximum absolute atomic E-state index is 4.46. The third kappa shape index (κ3) is 1.91. The molecule has 0 amide bonds. The SMILES string of the molecule is Cc1nc(N(C)C)c2c(n1)=CC=CCC=2. The van der Waals surface area contributed by atoms with E-state index in [0.717, 1.165) is 28.6 Å². The van der Waals surface area contributed by atoms with E-state index < -0.39 is 0 Å². The third-order valence-corrected chi connectivity index (χ3v) is 2.34. The molecule has 1 aliphatic rings. The van der Waals surface area contributed by atoms with Gasteiger partial charge in [-0.05, 0) is 19.4 Å². The summed E-state index contributed by atoms with van der Waals surface area (Å²) in [6, 6.07) is 0. The normalized spacial score (nSPS) is 13.5. The average Bonchev–Trinajstić information content (AvgIpc) is 2.41. The zero-order valence-electron chi connectivity index (χ0n) is 9.36. The van der Waals surface area contributed by atoms with Gasteiger partial charge in [-0.3, -0.25) is 0 Å². The Labute approximate surface area is 89.5 Å². The van der Waals surface area contributed by atoms with Crippen molar-refractivity contribution in [3.05, 3.63) is 28.5 Å². The van der Waals surface area contributed by atoms with Crippen LogP contribution in [0.2, 0.25) is 0 Å². The van der Waals surface area contributed by atoms with Crippen molar-refractivity contribution in [1.29, 1.82) is 0 Å². The molecule has 1 aromatic rings. The predicted molar refractivity (Wildman–Crippen MR) is 63.0 cm³/mol. The summed E-state index contributed by atoms with van der Waals surface area (Å²) in [6.45, 7) is 1.93. The van der Waals surface area contributed by atoms with Crippen LogP contribution in [-0.4, -0.2) is 24.1 Å². The number of aryl methyl sites for hydroxylation is 1. The van der Waals surface area contributed by atoms with Crippen LogP contribution in [-0.2, 0) is 0 Å². The topological polar surface area (TPSA) is 29.0 Å². The van der Waals surface area contributed by atoms with Gasteiger partial charge < -0.3 is 4.90 Å². The van der Waals surface area contributed by atoms with E-state index in [1.165, 1.54) is 0 Å². The largest absolute Gasteiger partial charge is 0.362 e. The van der Waals surface area contributed by atoms with E-state index in [2.05, 4.69) is 22.1 Å². The van der Waals surface area contributed by atoms with Crippen LogP contribution in [0.3, 0.4) is 0 Å². The fourth-order valence-electron chi connectivity index (χ4n) is 1.68. The molecule has 3 nitrogen and oxygen atoms in total. The highest BCUT2D eigenvalue weighted by molar-refractivity contribution is 5.50. The van der Waals surface area contributed by atoms with E-state index >= 15 is 0 Å². The van der Waals surface area contributed by atoms with Crippen LogP contribution in [0.25, 0.3) is 12.2 Å². The lowest BCUT2D eigenvalue weighted by Crippen LogP contribution is -2.35. The van der Waals surface area contributed by atoms with E-state index in [0.29, 0.717) is 0 Å². The van der Waals surface area contributed by atoms with E-state index in [9.17, 15) is 0 Å². The van der Waals surface area contributed by atoms with Crippen LogP contribution >= 0.6 is 0 Å². The Morgan fingerprint density at radius 2 is 2.07 bits per heavy atom. The highest BCUT2D eigenvalue weighted by Crippen LogP contribution is 1.99. The minimum atomic E-state index is 0.817. The number of anilines is 1. The molecule has 0 N–H and O–H groups in total. The van der Waals surface area contributed by atoms with Crippen LogP contribution in [0.5, 0.6) is 0 Å². The van der Waals surface area contributed by atoms with Gasteiger partial charge in [-0.15, -0.1) is 0 Å². The molecule has 1 heterocycles. The Balaban J connectivity index is 2.81. The monoisotopic (exact) mass is 201 g/mol. The van der Waals surface area contributed by atoms with Gasteiger partial charge in [0.1, 0.15) is 11.6 Å². The molecule has 0 saturated heterocycles. The Hall–Kier alpha value is -1.64. The Morgan fingerprint density at radius 3 is 2.80 bits per heavy atom. The number of allylic oxidation sites excluding steroid dienone is 2. The summed E-state index contributed by atoms with van der Waals surface area (Å²) in [7, 11) is 4.02. The summed E-state index contributed by atoms with van der Waals surface area (Å²) in [5, 5.41) is 2.15. The maximum atomic E-state index is 4.46. The van der Waals surface area contributed by atoms with Crippen molar-refractivity contribution in [2.24, 2.45) is 0 Å². The van der Waals surface area contributed by atoms with E-state index in [1.54, 1.807) is 0 Å². The molecule has 0 atom stereocenters. The highest BCUT2D eigenvalue weighted by Gasteiger charge is 2.04. The fourth-order valence-corrected chi connectivity index (χ4v) is 1.68. The number of fused-ring (bicyclic) bond motifs is 1. The first kappa shape index (κ1) is 9.90. The van der Waals surface area contributed by atoms with Gasteiger partial charge in [0, 0.05) is 19.3 Å². The highest BCUT2D eigenvalue weighted by atomic mass is 15.1. The number of rotatable bonds is 1. The fraction of sp³-hybridized carbons (Fsp3) is 0.333. The molecular formula is C12H15N3. The predicted octanol–water partition coefficient (Wildman–Crippen LogP) is 0.372. The molecule has 0 unspecified atom stereocenters. The van der Waals surface area contributed by atoms with Crippen LogP contribution in [0.1, 0.15) is 12.2 Å². The molecular weight excluding hydrogens is 186 g/mol. The van der Waals surface area contributed by atoms with Crippen molar-refractivity contribution in [1.82, 2.24) is 9.97 Å². The number of hydrogen-bond acceptors (Lipinski definition) is 3. The van der Waals surface area contributed by atoms with E-state index in [4.69, 9.17) is 0 Å². The van der Waals surface area contributed by atoms with Gasteiger partial charge >= 0.3 is 0 Å². The molecule has 0 saturated carbocycles. The standard InChI is InChI=1S/C12H15N3/c1-9-13-11-8-6-4-5-7-10(11)12(14-9)15(2)3/h4,6-8H,5H2,1-3H3. The summed E-state index contributed by atoms with van der Waals surface area (Å²) in [5.74, 6) is 1.81. The van der Waals surface area contributed by atoms with Gasteiger partial charge in [-0.1, -0.05) is 18.2 Å². The van der Waals surface area contributed by atoms with Crippen molar-refractivity contribution in [3.63, 3.8) is 0 Å². The molecule has 0 radical (unpaired) electrons. The summed E-state index contributed by atoms with van der Waals surface area (Å²) in [6.07, 6.45) is 9.33. The molecule has 0 bridgehead atoms. The van der Waals surface area contributed by atoms with Gasteiger partial charge in [-0.2, -0.15) is 0 Å².